The number of ether oxygens (including phenoxy) is 1. The van der Waals surface area contributed by atoms with Crippen LogP contribution >= 0.6 is 38.5 Å². The molecule has 0 saturated heterocycles. The first kappa shape index (κ1) is 15.8. The first-order valence-corrected chi connectivity index (χ1v) is 6.33. The van der Waals surface area contributed by atoms with Crippen molar-refractivity contribution in [2.24, 2.45) is 0 Å². The molecule has 0 aliphatic heterocycles. The van der Waals surface area contributed by atoms with E-state index in [1.165, 1.54) is 22.6 Å². The lowest BCUT2D eigenvalue weighted by atomic mass is 10.2. The molecule has 10 heteroatoms. The van der Waals surface area contributed by atoms with E-state index in [4.69, 9.17) is 0 Å². The Labute approximate surface area is 119 Å². The predicted molar refractivity (Wildman–Crippen MR) is 61.3 cm³/mol. The average molecular weight is 450 g/mol. The lowest BCUT2D eigenvalue weighted by Crippen LogP contribution is -2.21. The smallest absolute Gasteiger partial charge is 0.387 e. The first-order chi connectivity index (χ1) is 8.04. The number of nitrogens with zero attached hydrogens (tertiary/aromatic N) is 1. The van der Waals surface area contributed by atoms with Gasteiger partial charge < -0.3 is 4.74 Å². The SMILES string of the molecule is FC(F)(F)Oc1nc(C(F)(F)F)c(CBr)cc1I. The molecule has 0 fully saturated rings. The zero-order chi connectivity index (χ0) is 14.1. The van der Waals surface area contributed by atoms with Gasteiger partial charge in [-0.15, -0.1) is 13.2 Å². The van der Waals surface area contributed by atoms with Gasteiger partial charge in [0.2, 0.25) is 5.88 Å². The summed E-state index contributed by atoms with van der Waals surface area (Å²) in [6, 6.07) is 0.937. The minimum Gasteiger partial charge on any atom is -0.387 e. The first-order valence-electron chi connectivity index (χ1n) is 4.13. The quantitative estimate of drug-likeness (QED) is 0.377. The molecule has 1 aromatic rings. The molecule has 1 heterocycles. The summed E-state index contributed by atoms with van der Waals surface area (Å²) in [6.07, 6.45) is -9.94. The summed E-state index contributed by atoms with van der Waals surface area (Å²) in [5, 5.41) is -0.183. The van der Waals surface area contributed by atoms with Crippen molar-refractivity contribution in [2.45, 2.75) is 17.9 Å². The summed E-state index contributed by atoms with van der Waals surface area (Å²) in [4.78, 5) is 2.89. The fourth-order valence-electron chi connectivity index (χ4n) is 1.04. The van der Waals surface area contributed by atoms with Gasteiger partial charge >= 0.3 is 12.5 Å². The van der Waals surface area contributed by atoms with Crippen LogP contribution < -0.4 is 4.74 Å². The van der Waals surface area contributed by atoms with Gasteiger partial charge in [-0.3, -0.25) is 0 Å². The van der Waals surface area contributed by atoms with Crippen LogP contribution in [0.4, 0.5) is 26.3 Å². The van der Waals surface area contributed by atoms with E-state index in [1.54, 1.807) is 0 Å². The minimum atomic E-state index is -5.09. The third-order valence-electron chi connectivity index (χ3n) is 1.65. The van der Waals surface area contributed by atoms with Crippen molar-refractivity contribution in [3.05, 3.63) is 20.9 Å². The fourth-order valence-corrected chi connectivity index (χ4v) is 2.07. The zero-order valence-corrected chi connectivity index (χ0v) is 11.9. The van der Waals surface area contributed by atoms with Gasteiger partial charge in [-0.25, -0.2) is 4.98 Å². The van der Waals surface area contributed by atoms with Gasteiger partial charge in [0.1, 0.15) is 0 Å². The van der Waals surface area contributed by atoms with Crippen LogP contribution in [-0.2, 0) is 11.5 Å². The fraction of sp³-hybridized carbons (Fsp3) is 0.375. The van der Waals surface area contributed by atoms with Crippen LogP contribution in [0.25, 0.3) is 0 Å². The Kier molecular flexibility index (Phi) is 4.73. The van der Waals surface area contributed by atoms with E-state index in [0.717, 1.165) is 6.07 Å². The second-order valence-corrected chi connectivity index (χ2v) is 4.69. The summed E-state index contributed by atoms with van der Waals surface area (Å²) in [5.41, 5.74) is -1.67. The van der Waals surface area contributed by atoms with Gasteiger partial charge in [-0.2, -0.15) is 13.2 Å². The molecular weight excluding hydrogens is 447 g/mol. The van der Waals surface area contributed by atoms with Crippen LogP contribution in [0, 0.1) is 3.57 Å². The largest absolute Gasteiger partial charge is 0.574 e. The van der Waals surface area contributed by atoms with E-state index < -0.39 is 24.1 Å². The van der Waals surface area contributed by atoms with E-state index >= 15 is 0 Å². The Balaban J connectivity index is 3.31. The number of halogens is 8. The van der Waals surface area contributed by atoms with E-state index in [2.05, 4.69) is 25.7 Å². The Hall–Kier alpha value is -0.260. The number of rotatable bonds is 2. The molecule has 0 saturated carbocycles. The number of pyridine rings is 1. The molecule has 0 bridgehead atoms. The van der Waals surface area contributed by atoms with E-state index in [9.17, 15) is 26.3 Å². The third kappa shape index (κ3) is 4.14. The maximum atomic E-state index is 12.6. The van der Waals surface area contributed by atoms with Crippen LogP contribution in [0.1, 0.15) is 11.3 Å². The molecule has 0 aromatic carbocycles. The lowest BCUT2D eigenvalue weighted by molar-refractivity contribution is -0.276. The molecule has 0 atom stereocenters. The third-order valence-corrected chi connectivity index (χ3v) is 3.02. The van der Waals surface area contributed by atoms with Crippen molar-refractivity contribution >= 4 is 38.5 Å². The van der Waals surface area contributed by atoms with Gasteiger partial charge in [0, 0.05) is 5.33 Å². The Morgan fingerprint density at radius 3 is 2.17 bits per heavy atom. The van der Waals surface area contributed by atoms with Gasteiger partial charge in [0.05, 0.1) is 3.57 Å². The monoisotopic (exact) mass is 449 g/mol. The number of hydrogen-bond donors (Lipinski definition) is 0. The van der Waals surface area contributed by atoms with Crippen molar-refractivity contribution < 1.29 is 31.1 Å². The van der Waals surface area contributed by atoms with Crippen LogP contribution in [0.15, 0.2) is 6.07 Å². The Morgan fingerprint density at radius 1 is 1.22 bits per heavy atom. The molecule has 2 nitrogen and oxygen atoms in total. The van der Waals surface area contributed by atoms with E-state index in [0.29, 0.717) is 0 Å². The number of hydrogen-bond acceptors (Lipinski definition) is 2. The summed E-state index contributed by atoms with van der Waals surface area (Å²) in [7, 11) is 0. The van der Waals surface area contributed by atoms with Crippen LogP contribution in [0.5, 0.6) is 5.88 Å². The van der Waals surface area contributed by atoms with Gasteiger partial charge in [-0.1, -0.05) is 15.9 Å². The predicted octanol–water partition coefficient (Wildman–Crippen LogP) is 4.50. The summed E-state index contributed by atoms with van der Waals surface area (Å²) < 4.78 is 76.9. The van der Waals surface area contributed by atoms with Crippen molar-refractivity contribution in [2.75, 3.05) is 0 Å². The molecule has 102 valence electrons. The molecule has 1 aromatic heterocycles. The van der Waals surface area contributed by atoms with Crippen LogP contribution in [-0.4, -0.2) is 11.3 Å². The molecule has 0 spiro atoms. The highest BCUT2D eigenvalue weighted by Gasteiger charge is 2.38. The normalized spacial score (nSPS) is 12.7. The highest BCUT2D eigenvalue weighted by Crippen LogP contribution is 2.36. The minimum absolute atomic E-state index is 0.160. The summed E-state index contributed by atoms with van der Waals surface area (Å²) in [6.45, 7) is 0. The Morgan fingerprint density at radius 2 is 1.78 bits per heavy atom. The molecule has 0 amide bonds. The van der Waals surface area contributed by atoms with Crippen LogP contribution in [0.2, 0.25) is 0 Å². The maximum absolute atomic E-state index is 12.6. The topological polar surface area (TPSA) is 22.1 Å². The zero-order valence-electron chi connectivity index (χ0n) is 8.16. The molecule has 0 N–H and O–H groups in total. The number of aromatic nitrogens is 1. The van der Waals surface area contributed by atoms with Crippen LogP contribution in [0.3, 0.4) is 0 Å². The van der Waals surface area contributed by atoms with Crippen molar-refractivity contribution in [3.63, 3.8) is 0 Å². The number of alkyl halides is 7. The van der Waals surface area contributed by atoms with Gasteiger partial charge in [0.15, 0.2) is 5.69 Å². The van der Waals surface area contributed by atoms with Gasteiger partial charge in [-0.05, 0) is 34.2 Å². The maximum Gasteiger partial charge on any atom is 0.574 e. The van der Waals surface area contributed by atoms with E-state index in [1.807, 2.05) is 0 Å². The second kappa shape index (κ2) is 5.39. The molecule has 0 unspecified atom stereocenters. The highest BCUT2D eigenvalue weighted by molar-refractivity contribution is 14.1. The molecule has 0 aliphatic carbocycles. The van der Waals surface area contributed by atoms with Gasteiger partial charge in [0.25, 0.3) is 0 Å². The van der Waals surface area contributed by atoms with E-state index in [-0.39, 0.29) is 14.5 Å². The van der Waals surface area contributed by atoms with Crippen molar-refractivity contribution in [1.82, 2.24) is 4.98 Å². The average Bonchev–Trinajstić information content (AvgIpc) is 2.16. The molecular formula is C8H3BrF6INO. The molecule has 18 heavy (non-hydrogen) atoms. The molecule has 0 aliphatic rings. The molecule has 0 radical (unpaired) electrons. The lowest BCUT2D eigenvalue weighted by Gasteiger charge is -2.15. The van der Waals surface area contributed by atoms with Crippen molar-refractivity contribution in [1.29, 1.82) is 0 Å². The second-order valence-electron chi connectivity index (χ2n) is 2.96. The highest BCUT2D eigenvalue weighted by atomic mass is 127. The standard InChI is InChI=1S/C8H3BrF6INO/c9-2-3-1-4(16)6(18-8(13,14)15)17-5(3)7(10,11)12/h1H,2H2. The van der Waals surface area contributed by atoms with Crippen molar-refractivity contribution in [3.8, 4) is 5.88 Å². The Bertz CT molecular complexity index is 446. The summed E-state index contributed by atoms with van der Waals surface area (Å²) >= 11 is 4.23. The summed E-state index contributed by atoms with van der Waals surface area (Å²) in [5.74, 6) is -1.11. The molecule has 1 rings (SSSR count).